The number of fused-ring (bicyclic) bond motifs is 1. The zero-order chi connectivity index (χ0) is 14.6. The summed E-state index contributed by atoms with van der Waals surface area (Å²) >= 11 is 1.68. The van der Waals surface area contributed by atoms with Crippen LogP contribution >= 0.6 is 11.3 Å². The normalized spacial score (nSPS) is 19.6. The predicted molar refractivity (Wildman–Crippen MR) is 83.8 cm³/mol. The summed E-state index contributed by atoms with van der Waals surface area (Å²) in [6, 6.07) is 0.365. The van der Waals surface area contributed by atoms with Crippen LogP contribution in [0.2, 0.25) is 0 Å². The molecule has 2 aliphatic heterocycles. The van der Waals surface area contributed by atoms with E-state index >= 15 is 0 Å². The molecular weight excluding hydrogens is 284 g/mol. The number of anilines is 1. The molecule has 2 fully saturated rings. The average Bonchev–Trinajstić information content (AvgIpc) is 2.95. The molecule has 0 aromatic carbocycles. The first-order chi connectivity index (χ1) is 10.1. The summed E-state index contributed by atoms with van der Waals surface area (Å²) in [5.74, 6) is 2.18. The topological polar surface area (TPSA) is 49.3 Å². The second-order valence-electron chi connectivity index (χ2n) is 5.94. The molecule has 2 aliphatic rings. The summed E-state index contributed by atoms with van der Waals surface area (Å²) < 4.78 is 0. The molecule has 0 spiro atoms. The number of amides is 1. The molecule has 2 aromatic heterocycles. The lowest BCUT2D eigenvalue weighted by Gasteiger charge is -2.44. The van der Waals surface area contributed by atoms with Gasteiger partial charge in [0, 0.05) is 26.1 Å². The molecule has 5 nitrogen and oxygen atoms in total. The molecule has 0 atom stereocenters. The molecule has 0 unspecified atom stereocenters. The Morgan fingerprint density at radius 2 is 2.10 bits per heavy atom. The van der Waals surface area contributed by atoms with Crippen molar-refractivity contribution in [2.24, 2.45) is 0 Å². The Morgan fingerprint density at radius 3 is 2.81 bits per heavy atom. The van der Waals surface area contributed by atoms with E-state index in [1.807, 2.05) is 11.8 Å². The lowest BCUT2D eigenvalue weighted by molar-refractivity contribution is -0.130. The molecule has 110 valence electrons. The fourth-order valence-electron chi connectivity index (χ4n) is 3.28. The van der Waals surface area contributed by atoms with Gasteiger partial charge in [-0.3, -0.25) is 4.79 Å². The van der Waals surface area contributed by atoms with Crippen molar-refractivity contribution in [2.75, 3.05) is 24.5 Å². The number of thiophene rings is 1. The lowest BCUT2D eigenvalue weighted by Crippen LogP contribution is -2.60. The van der Waals surface area contributed by atoms with Crippen molar-refractivity contribution >= 4 is 33.3 Å². The summed E-state index contributed by atoms with van der Waals surface area (Å²) in [6.45, 7) is 6.77. The molecule has 0 aliphatic carbocycles. The Kier molecular flexibility index (Phi) is 2.89. The van der Waals surface area contributed by atoms with Gasteiger partial charge in [-0.2, -0.15) is 0 Å². The fraction of sp³-hybridized carbons (Fsp3) is 0.533. The van der Waals surface area contributed by atoms with E-state index in [1.165, 1.54) is 10.9 Å². The summed E-state index contributed by atoms with van der Waals surface area (Å²) in [7, 11) is 0. The number of hydrogen-bond acceptors (Lipinski definition) is 5. The van der Waals surface area contributed by atoms with Crippen LogP contribution in [0.25, 0.3) is 10.2 Å². The number of aryl methyl sites for hydroxylation is 2. The molecule has 21 heavy (non-hydrogen) atoms. The van der Waals surface area contributed by atoms with Crippen LogP contribution in [0.3, 0.4) is 0 Å². The second-order valence-corrected chi connectivity index (χ2v) is 6.80. The Bertz CT molecular complexity index is 720. The van der Waals surface area contributed by atoms with Crippen LogP contribution in [0.1, 0.15) is 24.2 Å². The maximum atomic E-state index is 11.8. The number of aromatic nitrogens is 2. The Morgan fingerprint density at radius 1 is 1.29 bits per heavy atom. The fourth-order valence-corrected chi connectivity index (χ4v) is 4.24. The highest BCUT2D eigenvalue weighted by Crippen LogP contribution is 2.34. The van der Waals surface area contributed by atoms with Crippen LogP contribution in [0.5, 0.6) is 0 Å². The molecule has 4 rings (SSSR count). The van der Waals surface area contributed by atoms with Gasteiger partial charge in [0.15, 0.2) is 0 Å². The van der Waals surface area contributed by atoms with Crippen molar-refractivity contribution in [1.29, 1.82) is 0 Å². The first kappa shape index (κ1) is 13.0. The smallest absolute Gasteiger partial charge is 0.223 e. The molecule has 0 N–H and O–H groups in total. The number of carbonyl (C=O) groups is 1. The van der Waals surface area contributed by atoms with E-state index in [1.54, 1.807) is 11.3 Å². The van der Waals surface area contributed by atoms with Gasteiger partial charge in [-0.25, -0.2) is 9.97 Å². The van der Waals surface area contributed by atoms with Gasteiger partial charge in [0.1, 0.15) is 16.5 Å². The van der Waals surface area contributed by atoms with Gasteiger partial charge < -0.3 is 9.80 Å². The van der Waals surface area contributed by atoms with Crippen molar-refractivity contribution in [1.82, 2.24) is 14.9 Å². The maximum Gasteiger partial charge on any atom is 0.223 e. The van der Waals surface area contributed by atoms with Crippen LogP contribution in [0.15, 0.2) is 5.38 Å². The number of carbonyl (C=O) groups excluding carboxylic acids is 1. The van der Waals surface area contributed by atoms with Gasteiger partial charge in [-0.15, -0.1) is 11.3 Å². The van der Waals surface area contributed by atoms with Gasteiger partial charge in [0.05, 0.1) is 11.4 Å². The van der Waals surface area contributed by atoms with Crippen molar-refractivity contribution in [2.45, 2.75) is 32.7 Å². The molecular formula is C15H18N4OS. The van der Waals surface area contributed by atoms with Crippen LogP contribution in [0, 0.1) is 13.8 Å². The highest BCUT2D eigenvalue weighted by molar-refractivity contribution is 7.17. The first-order valence-electron chi connectivity index (χ1n) is 7.40. The summed E-state index contributed by atoms with van der Waals surface area (Å²) in [6.07, 6.45) is 1.73. The number of hydrogen-bond donors (Lipinski definition) is 0. The predicted octanol–water partition coefficient (Wildman–Crippen LogP) is 2.12. The molecule has 2 saturated heterocycles. The van der Waals surface area contributed by atoms with E-state index in [0.29, 0.717) is 11.9 Å². The van der Waals surface area contributed by atoms with Crippen molar-refractivity contribution < 1.29 is 4.79 Å². The third-order valence-electron chi connectivity index (χ3n) is 4.42. The van der Waals surface area contributed by atoms with E-state index in [-0.39, 0.29) is 0 Å². The molecule has 2 aromatic rings. The van der Waals surface area contributed by atoms with Gasteiger partial charge in [0.2, 0.25) is 5.91 Å². The van der Waals surface area contributed by atoms with E-state index in [9.17, 15) is 4.79 Å². The van der Waals surface area contributed by atoms with Crippen molar-refractivity contribution in [3.63, 3.8) is 0 Å². The van der Waals surface area contributed by atoms with Gasteiger partial charge in [-0.1, -0.05) is 0 Å². The zero-order valence-corrected chi connectivity index (χ0v) is 13.1. The van der Waals surface area contributed by atoms with Gasteiger partial charge >= 0.3 is 0 Å². The molecule has 1 amide bonds. The Labute approximate surface area is 127 Å². The first-order valence-corrected chi connectivity index (χ1v) is 8.28. The highest BCUT2D eigenvalue weighted by Gasteiger charge is 2.37. The minimum Gasteiger partial charge on any atom is -0.352 e. The van der Waals surface area contributed by atoms with E-state index in [2.05, 4.69) is 27.2 Å². The lowest BCUT2D eigenvalue weighted by atomic mass is 10.1. The second kappa shape index (κ2) is 4.66. The molecule has 6 heteroatoms. The molecule has 0 saturated carbocycles. The summed E-state index contributed by atoms with van der Waals surface area (Å²) in [4.78, 5) is 26.4. The molecule has 0 bridgehead atoms. The summed E-state index contributed by atoms with van der Waals surface area (Å²) in [5.41, 5.74) is 1.24. The summed E-state index contributed by atoms with van der Waals surface area (Å²) in [5, 5.41) is 3.32. The maximum absolute atomic E-state index is 11.8. The Hall–Kier alpha value is -1.69. The average molecular weight is 302 g/mol. The minimum atomic E-state index is 0.315. The number of nitrogens with zero attached hydrogens (tertiary/aromatic N) is 4. The Balaban J connectivity index is 1.61. The van der Waals surface area contributed by atoms with Crippen LogP contribution in [-0.4, -0.2) is 46.5 Å². The van der Waals surface area contributed by atoms with Gasteiger partial charge in [-0.05, 0) is 31.2 Å². The largest absolute Gasteiger partial charge is 0.352 e. The number of rotatable bonds is 2. The van der Waals surface area contributed by atoms with E-state index in [0.717, 1.165) is 48.9 Å². The van der Waals surface area contributed by atoms with E-state index < -0.39 is 0 Å². The zero-order valence-electron chi connectivity index (χ0n) is 12.3. The van der Waals surface area contributed by atoms with Crippen LogP contribution in [-0.2, 0) is 4.79 Å². The van der Waals surface area contributed by atoms with Crippen molar-refractivity contribution in [3.05, 3.63) is 16.8 Å². The van der Waals surface area contributed by atoms with Crippen LogP contribution in [0.4, 0.5) is 5.82 Å². The highest BCUT2D eigenvalue weighted by atomic mass is 32.1. The van der Waals surface area contributed by atoms with Crippen LogP contribution < -0.4 is 4.90 Å². The SMILES string of the molecule is Cc1nc(N2CC(N3CCCC3=O)C2)c2c(C)csc2n1. The van der Waals surface area contributed by atoms with Crippen molar-refractivity contribution in [3.8, 4) is 0 Å². The molecule has 0 radical (unpaired) electrons. The molecule has 4 heterocycles. The van der Waals surface area contributed by atoms with Gasteiger partial charge in [0.25, 0.3) is 0 Å². The minimum absolute atomic E-state index is 0.315. The monoisotopic (exact) mass is 302 g/mol. The van der Waals surface area contributed by atoms with E-state index in [4.69, 9.17) is 0 Å². The quantitative estimate of drug-likeness (QED) is 0.852. The third kappa shape index (κ3) is 2.00. The third-order valence-corrected chi connectivity index (χ3v) is 5.41. The number of likely N-dealkylation sites (tertiary alicyclic amines) is 1. The standard InChI is InChI=1S/C15H18N4OS/c1-9-8-21-15-13(9)14(16-10(2)17-15)18-6-11(7-18)19-5-3-4-12(19)20/h8,11H,3-7H2,1-2H3.